The minimum atomic E-state index is 0.188. The third kappa shape index (κ3) is 3.54. The highest BCUT2D eigenvalue weighted by Crippen LogP contribution is 2.61. The van der Waals surface area contributed by atoms with E-state index in [9.17, 15) is 0 Å². The lowest BCUT2D eigenvalue weighted by molar-refractivity contribution is 0.0170. The Morgan fingerprint density at radius 3 is 2.58 bits per heavy atom. The Kier molecular flexibility index (Phi) is 4.80. The summed E-state index contributed by atoms with van der Waals surface area (Å²) in [5.41, 5.74) is 5.82. The Morgan fingerprint density at radius 2 is 1.73 bits per heavy atom. The van der Waals surface area contributed by atoms with Crippen molar-refractivity contribution in [2.45, 2.75) is 71.6 Å². The molecular formula is C31H36O2. The van der Waals surface area contributed by atoms with E-state index < -0.39 is 0 Å². The first-order valence-corrected chi connectivity index (χ1v) is 12.8. The Morgan fingerprint density at radius 1 is 0.909 bits per heavy atom. The molecule has 2 nitrogen and oxygen atoms in total. The molecule has 172 valence electrons. The van der Waals surface area contributed by atoms with Crippen LogP contribution < -0.4 is 9.47 Å². The molecule has 3 aromatic rings. The summed E-state index contributed by atoms with van der Waals surface area (Å²) in [7, 11) is 0. The monoisotopic (exact) mass is 440 g/mol. The van der Waals surface area contributed by atoms with E-state index in [1.54, 1.807) is 0 Å². The molecule has 0 aromatic heterocycles. The first-order valence-electron chi connectivity index (χ1n) is 12.8. The van der Waals surface area contributed by atoms with Crippen molar-refractivity contribution in [2.24, 2.45) is 17.3 Å². The zero-order valence-corrected chi connectivity index (χ0v) is 20.5. The molecule has 0 amide bonds. The van der Waals surface area contributed by atoms with E-state index in [-0.39, 0.29) is 5.41 Å². The molecule has 4 atom stereocenters. The van der Waals surface area contributed by atoms with Gasteiger partial charge in [0.15, 0.2) is 11.5 Å². The lowest BCUT2D eigenvalue weighted by Gasteiger charge is -2.55. The van der Waals surface area contributed by atoms with Crippen LogP contribution in [0.4, 0.5) is 0 Å². The zero-order valence-electron chi connectivity index (χ0n) is 20.5. The third-order valence-electron chi connectivity index (χ3n) is 8.93. The van der Waals surface area contributed by atoms with Gasteiger partial charge in [-0.25, -0.2) is 0 Å². The Bertz CT molecular complexity index is 1220. The van der Waals surface area contributed by atoms with Crippen LogP contribution in [0.15, 0.2) is 48.5 Å². The number of aryl methyl sites for hydroxylation is 1. The van der Waals surface area contributed by atoms with Gasteiger partial charge in [-0.15, -0.1) is 0 Å². The second kappa shape index (κ2) is 7.52. The van der Waals surface area contributed by atoms with E-state index in [0.29, 0.717) is 12.2 Å². The SMILES string of the molecule is CCC1(C)CC2CC(C)CC(c3cc(-c4ccc5cc(C)ccc5c4)cc4c3OCO4)(C2)C1. The zero-order chi connectivity index (χ0) is 22.8. The molecule has 0 saturated heterocycles. The van der Waals surface area contributed by atoms with Crippen LogP contribution in [0.2, 0.25) is 0 Å². The molecule has 0 N–H and O–H groups in total. The van der Waals surface area contributed by atoms with Crippen LogP contribution in [-0.2, 0) is 5.41 Å². The summed E-state index contributed by atoms with van der Waals surface area (Å²) in [4.78, 5) is 0. The van der Waals surface area contributed by atoms with Gasteiger partial charge in [-0.3, -0.25) is 0 Å². The number of ether oxygens (including phenoxy) is 2. The van der Waals surface area contributed by atoms with Crippen molar-refractivity contribution in [3.8, 4) is 22.6 Å². The number of rotatable bonds is 3. The Hall–Kier alpha value is -2.48. The fraction of sp³-hybridized carbons (Fsp3) is 0.484. The molecule has 2 saturated carbocycles. The lowest BCUT2D eigenvalue weighted by Crippen LogP contribution is -2.46. The molecule has 3 aromatic carbocycles. The van der Waals surface area contributed by atoms with Crippen molar-refractivity contribution >= 4 is 10.8 Å². The highest BCUT2D eigenvalue weighted by atomic mass is 16.7. The van der Waals surface area contributed by atoms with Crippen molar-refractivity contribution in [1.29, 1.82) is 0 Å². The molecule has 1 aliphatic heterocycles. The quantitative estimate of drug-likeness (QED) is 0.407. The highest BCUT2D eigenvalue weighted by molar-refractivity contribution is 5.88. The molecule has 2 fully saturated rings. The summed E-state index contributed by atoms with van der Waals surface area (Å²) in [6.45, 7) is 9.86. The predicted molar refractivity (Wildman–Crippen MR) is 136 cm³/mol. The minimum absolute atomic E-state index is 0.188. The van der Waals surface area contributed by atoms with E-state index in [0.717, 1.165) is 23.3 Å². The summed E-state index contributed by atoms with van der Waals surface area (Å²) >= 11 is 0. The molecule has 3 aliphatic rings. The molecular weight excluding hydrogens is 404 g/mol. The highest BCUT2D eigenvalue weighted by Gasteiger charge is 2.51. The van der Waals surface area contributed by atoms with Gasteiger partial charge in [0.25, 0.3) is 0 Å². The Balaban J connectivity index is 1.51. The molecule has 33 heavy (non-hydrogen) atoms. The summed E-state index contributed by atoms with van der Waals surface area (Å²) < 4.78 is 12.2. The van der Waals surface area contributed by atoms with Gasteiger partial charge in [0.1, 0.15) is 0 Å². The second-order valence-corrected chi connectivity index (χ2v) is 11.8. The first-order chi connectivity index (χ1) is 15.9. The van der Waals surface area contributed by atoms with Crippen LogP contribution in [-0.4, -0.2) is 6.79 Å². The van der Waals surface area contributed by atoms with Gasteiger partial charge in [0.2, 0.25) is 6.79 Å². The van der Waals surface area contributed by atoms with Crippen LogP contribution in [0, 0.1) is 24.2 Å². The van der Waals surface area contributed by atoms with Crippen LogP contribution in [0.1, 0.15) is 70.4 Å². The Labute approximate surface area is 198 Å². The maximum atomic E-state index is 6.16. The van der Waals surface area contributed by atoms with Crippen molar-refractivity contribution in [3.05, 3.63) is 59.7 Å². The number of hydrogen-bond acceptors (Lipinski definition) is 2. The lowest BCUT2D eigenvalue weighted by atomic mass is 9.50. The van der Waals surface area contributed by atoms with Crippen molar-refractivity contribution in [2.75, 3.05) is 6.79 Å². The first kappa shape index (κ1) is 21.1. The van der Waals surface area contributed by atoms with Crippen molar-refractivity contribution in [3.63, 3.8) is 0 Å². The summed E-state index contributed by atoms with van der Waals surface area (Å²) in [6, 6.07) is 18.2. The van der Waals surface area contributed by atoms with E-state index >= 15 is 0 Å². The average molecular weight is 441 g/mol. The van der Waals surface area contributed by atoms with E-state index in [2.05, 4.69) is 76.2 Å². The van der Waals surface area contributed by atoms with E-state index in [4.69, 9.17) is 9.47 Å². The van der Waals surface area contributed by atoms with Gasteiger partial charge in [-0.05, 0) is 96.4 Å². The normalized spacial score (nSPS) is 30.5. The van der Waals surface area contributed by atoms with Crippen LogP contribution in [0.5, 0.6) is 11.5 Å². The molecule has 4 unspecified atom stereocenters. The summed E-state index contributed by atoms with van der Waals surface area (Å²) in [6.07, 6.45) is 7.81. The van der Waals surface area contributed by atoms with E-state index in [1.165, 1.54) is 71.6 Å². The largest absolute Gasteiger partial charge is 0.454 e. The molecule has 2 aliphatic carbocycles. The van der Waals surface area contributed by atoms with Crippen LogP contribution >= 0.6 is 0 Å². The smallest absolute Gasteiger partial charge is 0.231 e. The molecule has 6 rings (SSSR count). The van der Waals surface area contributed by atoms with E-state index in [1.807, 2.05) is 0 Å². The van der Waals surface area contributed by atoms with Gasteiger partial charge in [-0.1, -0.05) is 63.1 Å². The molecule has 0 spiro atoms. The molecule has 0 radical (unpaired) electrons. The maximum absolute atomic E-state index is 6.16. The number of benzene rings is 3. The van der Waals surface area contributed by atoms with Crippen LogP contribution in [0.3, 0.4) is 0 Å². The molecule has 1 heterocycles. The van der Waals surface area contributed by atoms with Gasteiger partial charge in [0.05, 0.1) is 0 Å². The molecule has 2 bridgehead atoms. The van der Waals surface area contributed by atoms with Gasteiger partial charge in [-0.2, -0.15) is 0 Å². The topological polar surface area (TPSA) is 18.5 Å². The second-order valence-electron chi connectivity index (χ2n) is 11.8. The van der Waals surface area contributed by atoms with Crippen molar-refractivity contribution < 1.29 is 9.47 Å². The van der Waals surface area contributed by atoms with Gasteiger partial charge < -0.3 is 9.47 Å². The fourth-order valence-corrected chi connectivity index (χ4v) is 7.62. The number of hydrogen-bond donors (Lipinski definition) is 0. The molecule has 2 heteroatoms. The average Bonchev–Trinajstić information content (AvgIpc) is 3.25. The van der Waals surface area contributed by atoms with Crippen molar-refractivity contribution in [1.82, 2.24) is 0 Å². The summed E-state index contributed by atoms with van der Waals surface area (Å²) in [5, 5.41) is 2.59. The van der Waals surface area contributed by atoms with Gasteiger partial charge in [0, 0.05) is 11.0 Å². The predicted octanol–water partition coefficient (Wildman–Crippen LogP) is 8.43. The maximum Gasteiger partial charge on any atom is 0.231 e. The van der Waals surface area contributed by atoms with Crippen LogP contribution in [0.25, 0.3) is 21.9 Å². The third-order valence-corrected chi connectivity index (χ3v) is 8.93. The summed E-state index contributed by atoms with van der Waals surface area (Å²) in [5.74, 6) is 3.52. The standard InChI is InChI=1S/C31H36O2/c1-5-30(4)16-22-10-21(3)15-31(17-22,18-30)27-13-26(14-28-29(27)33-19-32-28)25-9-8-23-11-20(2)6-7-24(23)12-25/h6-9,11-14,21-22H,5,10,15-19H2,1-4H3. The number of fused-ring (bicyclic) bond motifs is 4. The fourth-order valence-electron chi connectivity index (χ4n) is 7.62. The minimum Gasteiger partial charge on any atom is -0.454 e. The van der Waals surface area contributed by atoms with Gasteiger partial charge >= 0.3 is 0 Å².